The fraction of sp³-hybridized carbons (Fsp3) is 0.238. The third kappa shape index (κ3) is 3.97. The van der Waals surface area contributed by atoms with E-state index in [1.165, 1.54) is 0 Å². The molecule has 4 nitrogen and oxygen atoms in total. The zero-order chi connectivity index (χ0) is 17.6. The van der Waals surface area contributed by atoms with Crippen LogP contribution in [0.5, 0.6) is 0 Å². The molecule has 1 aromatic heterocycles. The monoisotopic (exact) mass is 334 g/mol. The zero-order valence-electron chi connectivity index (χ0n) is 14.6. The lowest BCUT2D eigenvalue weighted by Gasteiger charge is -2.19. The Kier molecular flexibility index (Phi) is 5.29. The first-order valence-corrected chi connectivity index (χ1v) is 8.53. The number of amides is 1. The van der Waals surface area contributed by atoms with Crippen LogP contribution >= 0.6 is 0 Å². The highest BCUT2D eigenvalue weighted by atomic mass is 16.5. The smallest absolute Gasteiger partial charge is 0.292 e. The second-order valence-corrected chi connectivity index (χ2v) is 6.05. The normalized spacial score (nSPS) is 11.9. The van der Waals surface area contributed by atoms with E-state index in [0.29, 0.717) is 13.1 Å². The Bertz CT molecular complexity index is 812. The summed E-state index contributed by atoms with van der Waals surface area (Å²) in [7, 11) is 0. The molecule has 0 fully saturated rings. The highest BCUT2D eigenvalue weighted by molar-refractivity contribution is 5.91. The third-order valence-electron chi connectivity index (χ3n) is 4.37. The molecule has 0 bridgehead atoms. The van der Waals surface area contributed by atoms with E-state index in [2.05, 4.69) is 24.2 Å². The van der Waals surface area contributed by atoms with Gasteiger partial charge in [-0.15, -0.1) is 0 Å². The molecule has 1 atom stereocenters. The van der Waals surface area contributed by atoms with Crippen LogP contribution in [0.15, 0.2) is 71.3 Å². The first-order chi connectivity index (χ1) is 12.2. The summed E-state index contributed by atoms with van der Waals surface area (Å²) >= 11 is 0. The highest BCUT2D eigenvalue weighted by Crippen LogP contribution is 2.24. The number of benzene rings is 2. The number of rotatable bonds is 6. The maximum atomic E-state index is 12.7. The van der Waals surface area contributed by atoms with Gasteiger partial charge < -0.3 is 9.42 Å². The van der Waals surface area contributed by atoms with Crippen LogP contribution in [0.25, 0.3) is 0 Å². The van der Waals surface area contributed by atoms with Crippen molar-refractivity contribution in [3.63, 3.8) is 0 Å². The lowest BCUT2D eigenvalue weighted by Crippen LogP contribution is -2.30. The van der Waals surface area contributed by atoms with E-state index >= 15 is 0 Å². The van der Waals surface area contributed by atoms with Gasteiger partial charge >= 0.3 is 0 Å². The minimum Gasteiger partial charge on any atom is -0.351 e. The first-order valence-electron chi connectivity index (χ1n) is 8.53. The predicted octanol–water partition coefficient (Wildman–Crippen LogP) is 4.49. The van der Waals surface area contributed by atoms with E-state index in [1.54, 1.807) is 11.0 Å². The number of hydrogen-bond acceptors (Lipinski definition) is 3. The fourth-order valence-electron chi connectivity index (χ4n) is 2.79. The third-order valence-corrected chi connectivity index (χ3v) is 4.37. The number of nitrogens with zero attached hydrogens (tertiary/aromatic N) is 2. The summed E-state index contributed by atoms with van der Waals surface area (Å²) in [6, 6.07) is 21.8. The van der Waals surface area contributed by atoms with Crippen LogP contribution in [0.4, 0.5) is 0 Å². The lowest BCUT2D eigenvalue weighted by molar-refractivity contribution is 0.0710. The predicted molar refractivity (Wildman–Crippen MR) is 97.3 cm³/mol. The van der Waals surface area contributed by atoms with Crippen LogP contribution in [-0.4, -0.2) is 22.5 Å². The highest BCUT2D eigenvalue weighted by Gasteiger charge is 2.22. The SMILES string of the molecule is CCN(Cc1ccccc1)C(=O)c1cc([C@@H](C)c2ccccc2)no1. The Labute approximate surface area is 148 Å². The van der Waals surface area contributed by atoms with Gasteiger partial charge in [0.15, 0.2) is 0 Å². The molecule has 0 aliphatic carbocycles. The van der Waals surface area contributed by atoms with Crippen LogP contribution in [0.3, 0.4) is 0 Å². The van der Waals surface area contributed by atoms with Crippen molar-refractivity contribution in [1.29, 1.82) is 0 Å². The molecule has 2 aromatic carbocycles. The summed E-state index contributed by atoms with van der Waals surface area (Å²) < 4.78 is 5.35. The molecule has 0 saturated carbocycles. The second kappa shape index (κ2) is 7.79. The lowest BCUT2D eigenvalue weighted by atomic mass is 9.98. The van der Waals surface area contributed by atoms with E-state index in [1.807, 2.05) is 55.5 Å². The van der Waals surface area contributed by atoms with Crippen molar-refractivity contribution in [2.45, 2.75) is 26.3 Å². The van der Waals surface area contributed by atoms with E-state index in [4.69, 9.17) is 4.52 Å². The molecule has 0 unspecified atom stereocenters. The number of aromatic nitrogens is 1. The van der Waals surface area contributed by atoms with Gasteiger partial charge in [0.05, 0.1) is 5.69 Å². The molecule has 0 aliphatic heterocycles. The van der Waals surface area contributed by atoms with E-state index in [-0.39, 0.29) is 17.6 Å². The molecule has 1 heterocycles. The summed E-state index contributed by atoms with van der Waals surface area (Å²) in [5.41, 5.74) is 3.01. The van der Waals surface area contributed by atoms with Gasteiger partial charge in [-0.3, -0.25) is 4.79 Å². The molecule has 0 N–H and O–H groups in total. The van der Waals surface area contributed by atoms with E-state index < -0.39 is 0 Å². The van der Waals surface area contributed by atoms with Gasteiger partial charge in [0.1, 0.15) is 0 Å². The zero-order valence-corrected chi connectivity index (χ0v) is 14.6. The average molecular weight is 334 g/mol. The topological polar surface area (TPSA) is 46.3 Å². The first kappa shape index (κ1) is 17.0. The van der Waals surface area contributed by atoms with Gasteiger partial charge in [-0.2, -0.15) is 0 Å². The van der Waals surface area contributed by atoms with Crippen LogP contribution in [-0.2, 0) is 6.54 Å². The minimum absolute atomic E-state index is 0.0794. The maximum Gasteiger partial charge on any atom is 0.292 e. The van der Waals surface area contributed by atoms with Gasteiger partial charge in [0.2, 0.25) is 5.76 Å². The van der Waals surface area contributed by atoms with Gasteiger partial charge in [0.25, 0.3) is 5.91 Å². The Hall–Kier alpha value is -2.88. The van der Waals surface area contributed by atoms with Gasteiger partial charge in [-0.25, -0.2) is 0 Å². The molecule has 0 aliphatic rings. The Balaban J connectivity index is 1.75. The van der Waals surface area contributed by atoms with Crippen LogP contribution in [0.1, 0.15) is 47.1 Å². The van der Waals surface area contributed by atoms with Crippen molar-refractivity contribution < 1.29 is 9.32 Å². The summed E-state index contributed by atoms with van der Waals surface area (Å²) in [5.74, 6) is 0.233. The summed E-state index contributed by atoms with van der Waals surface area (Å²) in [4.78, 5) is 14.5. The molecule has 128 valence electrons. The summed E-state index contributed by atoms with van der Waals surface area (Å²) in [6.07, 6.45) is 0. The van der Waals surface area contributed by atoms with Crippen LogP contribution < -0.4 is 0 Å². The van der Waals surface area contributed by atoms with Crippen molar-refractivity contribution in [2.75, 3.05) is 6.54 Å². The molecular formula is C21H22N2O2. The van der Waals surface area contributed by atoms with Crippen LogP contribution in [0.2, 0.25) is 0 Å². The Morgan fingerprint density at radius 1 is 1.08 bits per heavy atom. The van der Waals surface area contributed by atoms with Crippen molar-refractivity contribution in [2.24, 2.45) is 0 Å². The van der Waals surface area contributed by atoms with Gasteiger partial charge in [0, 0.05) is 25.1 Å². The minimum atomic E-state index is -0.134. The van der Waals surface area contributed by atoms with Gasteiger partial charge in [-0.1, -0.05) is 72.7 Å². The molecule has 0 radical (unpaired) electrons. The summed E-state index contributed by atoms with van der Waals surface area (Å²) in [6.45, 7) is 5.19. The van der Waals surface area contributed by atoms with E-state index in [0.717, 1.165) is 16.8 Å². The molecule has 25 heavy (non-hydrogen) atoms. The average Bonchev–Trinajstić information content (AvgIpc) is 3.16. The molecule has 4 heteroatoms. The maximum absolute atomic E-state index is 12.7. The molecule has 0 spiro atoms. The second-order valence-electron chi connectivity index (χ2n) is 6.05. The number of carbonyl (C=O) groups is 1. The molecule has 3 aromatic rings. The van der Waals surface area contributed by atoms with Crippen molar-refractivity contribution in [3.8, 4) is 0 Å². The van der Waals surface area contributed by atoms with E-state index in [9.17, 15) is 4.79 Å². The standard InChI is InChI=1S/C21H22N2O2/c1-3-23(15-17-10-6-4-7-11-17)21(24)20-14-19(22-25-20)16(2)18-12-8-5-9-13-18/h4-14,16H,3,15H2,1-2H3/t16-/m0/s1. The fourth-order valence-corrected chi connectivity index (χ4v) is 2.79. The number of carbonyl (C=O) groups excluding carboxylic acids is 1. The summed E-state index contributed by atoms with van der Waals surface area (Å²) in [5, 5.41) is 4.11. The molecule has 0 saturated heterocycles. The molecule has 3 rings (SSSR count). The molecule has 1 amide bonds. The van der Waals surface area contributed by atoms with Crippen molar-refractivity contribution in [3.05, 3.63) is 89.3 Å². The largest absolute Gasteiger partial charge is 0.351 e. The van der Waals surface area contributed by atoms with Crippen molar-refractivity contribution >= 4 is 5.91 Å². The number of hydrogen-bond donors (Lipinski definition) is 0. The molecular weight excluding hydrogens is 312 g/mol. The van der Waals surface area contributed by atoms with Crippen molar-refractivity contribution in [1.82, 2.24) is 10.1 Å². The van der Waals surface area contributed by atoms with Gasteiger partial charge in [-0.05, 0) is 18.1 Å². The van der Waals surface area contributed by atoms with Crippen LogP contribution in [0, 0.1) is 0 Å². The quantitative estimate of drug-likeness (QED) is 0.667. The Morgan fingerprint density at radius 3 is 2.36 bits per heavy atom. The Morgan fingerprint density at radius 2 is 1.72 bits per heavy atom.